The monoisotopic (exact) mass is 410 g/mol. The zero-order chi connectivity index (χ0) is 20.4. The summed E-state index contributed by atoms with van der Waals surface area (Å²) >= 11 is 1.60. The van der Waals surface area contributed by atoms with Gasteiger partial charge in [0.25, 0.3) is 5.91 Å². The van der Waals surface area contributed by atoms with Crippen molar-refractivity contribution in [2.45, 2.75) is 25.6 Å². The summed E-state index contributed by atoms with van der Waals surface area (Å²) < 4.78 is 5.71. The number of hydrogen-bond acceptors (Lipinski definition) is 6. The van der Waals surface area contributed by atoms with Gasteiger partial charge in [-0.25, -0.2) is 4.98 Å². The van der Waals surface area contributed by atoms with Crippen molar-refractivity contribution in [3.05, 3.63) is 64.5 Å². The molecule has 1 aliphatic heterocycles. The standard InChI is InChI=1S/C22H22N2O4S/c1-14-22(27)24(11-17(26)12-25)19-10-16(7-8-20(19)28-14)18-13-29-21(23-18)9-15-5-3-2-4-6-15/h2-8,10,13-14,17,25-26H,9,11-12H2,1H3. The lowest BCUT2D eigenvalue weighted by Crippen LogP contribution is -2.48. The highest BCUT2D eigenvalue weighted by molar-refractivity contribution is 7.10. The maximum Gasteiger partial charge on any atom is 0.267 e. The number of thiazole rings is 1. The van der Waals surface area contributed by atoms with Crippen molar-refractivity contribution >= 4 is 22.9 Å². The molecule has 2 aromatic carbocycles. The number of aliphatic hydroxyl groups is 2. The number of amides is 1. The molecular weight excluding hydrogens is 388 g/mol. The SMILES string of the molecule is CC1Oc2ccc(-c3csc(Cc4ccccc4)n3)cc2N(CC(O)CO)C1=O. The van der Waals surface area contributed by atoms with E-state index in [0.29, 0.717) is 11.4 Å². The summed E-state index contributed by atoms with van der Waals surface area (Å²) in [6.45, 7) is 1.27. The second kappa shape index (κ2) is 8.32. The molecule has 2 unspecified atom stereocenters. The van der Waals surface area contributed by atoms with Gasteiger partial charge in [-0.05, 0) is 30.7 Å². The summed E-state index contributed by atoms with van der Waals surface area (Å²) in [4.78, 5) is 18.8. The van der Waals surface area contributed by atoms with Crippen molar-refractivity contribution in [3.8, 4) is 17.0 Å². The Balaban J connectivity index is 1.63. The summed E-state index contributed by atoms with van der Waals surface area (Å²) in [6.07, 6.45) is -0.891. The fourth-order valence-corrected chi connectivity index (χ4v) is 4.16. The molecule has 0 bridgehead atoms. The molecule has 0 aliphatic carbocycles. The second-order valence-electron chi connectivity index (χ2n) is 7.02. The van der Waals surface area contributed by atoms with Gasteiger partial charge in [-0.2, -0.15) is 0 Å². The molecule has 0 saturated carbocycles. The van der Waals surface area contributed by atoms with Crippen LogP contribution in [0.1, 0.15) is 17.5 Å². The Labute approximate surface area is 173 Å². The number of fused-ring (bicyclic) bond motifs is 1. The van der Waals surface area contributed by atoms with Crippen molar-refractivity contribution in [1.29, 1.82) is 0 Å². The number of nitrogens with zero attached hydrogens (tertiary/aromatic N) is 2. The Hall–Kier alpha value is -2.74. The van der Waals surface area contributed by atoms with E-state index in [0.717, 1.165) is 22.7 Å². The van der Waals surface area contributed by atoms with Crippen LogP contribution in [-0.2, 0) is 11.2 Å². The number of aromatic nitrogens is 1. The minimum atomic E-state index is -1.02. The number of hydrogen-bond donors (Lipinski definition) is 2. The largest absolute Gasteiger partial charge is 0.479 e. The first-order chi connectivity index (χ1) is 14.0. The van der Waals surface area contributed by atoms with Crippen LogP contribution in [0.4, 0.5) is 5.69 Å². The van der Waals surface area contributed by atoms with Crippen LogP contribution in [0.2, 0.25) is 0 Å². The van der Waals surface area contributed by atoms with Gasteiger partial charge in [-0.15, -0.1) is 11.3 Å². The van der Waals surface area contributed by atoms with Crippen LogP contribution in [0.3, 0.4) is 0 Å². The molecule has 4 rings (SSSR count). The predicted octanol–water partition coefficient (Wildman–Crippen LogP) is 2.87. The first-order valence-electron chi connectivity index (χ1n) is 9.45. The van der Waals surface area contributed by atoms with Crippen molar-refractivity contribution < 1.29 is 19.7 Å². The third-order valence-electron chi connectivity index (χ3n) is 4.82. The van der Waals surface area contributed by atoms with E-state index in [9.17, 15) is 15.0 Å². The fourth-order valence-electron chi connectivity index (χ4n) is 3.32. The van der Waals surface area contributed by atoms with Gasteiger partial charge in [0.2, 0.25) is 0 Å². The van der Waals surface area contributed by atoms with Gasteiger partial charge in [0.05, 0.1) is 35.6 Å². The molecule has 150 valence electrons. The normalized spacial score (nSPS) is 17.0. The Morgan fingerprint density at radius 2 is 2.03 bits per heavy atom. The van der Waals surface area contributed by atoms with E-state index in [1.54, 1.807) is 18.3 Å². The van der Waals surface area contributed by atoms with E-state index in [4.69, 9.17) is 9.72 Å². The molecule has 1 aliphatic rings. The van der Waals surface area contributed by atoms with Gasteiger partial charge in [0.1, 0.15) is 5.75 Å². The number of β-amino-alcohol motifs (C(OH)–C–C–N with tert-alkyl or cyclic N) is 1. The molecule has 0 saturated heterocycles. The minimum absolute atomic E-state index is 0.00973. The number of rotatable bonds is 6. The molecule has 2 heterocycles. The Bertz CT molecular complexity index is 1010. The predicted molar refractivity (Wildman–Crippen MR) is 112 cm³/mol. The minimum Gasteiger partial charge on any atom is -0.479 e. The highest BCUT2D eigenvalue weighted by Crippen LogP contribution is 2.38. The number of carbonyl (C=O) groups excluding carboxylic acids is 1. The van der Waals surface area contributed by atoms with Crippen LogP contribution in [0, 0.1) is 0 Å². The lowest BCUT2D eigenvalue weighted by atomic mass is 10.1. The molecule has 7 heteroatoms. The molecule has 0 radical (unpaired) electrons. The smallest absolute Gasteiger partial charge is 0.267 e. The van der Waals surface area contributed by atoms with Crippen LogP contribution < -0.4 is 9.64 Å². The third-order valence-corrected chi connectivity index (χ3v) is 5.67. The van der Waals surface area contributed by atoms with Crippen molar-refractivity contribution in [2.75, 3.05) is 18.1 Å². The van der Waals surface area contributed by atoms with Crippen molar-refractivity contribution in [1.82, 2.24) is 4.98 Å². The highest BCUT2D eigenvalue weighted by Gasteiger charge is 2.33. The van der Waals surface area contributed by atoms with Crippen LogP contribution in [0.15, 0.2) is 53.9 Å². The summed E-state index contributed by atoms with van der Waals surface area (Å²) in [5, 5.41) is 22.1. The van der Waals surface area contributed by atoms with E-state index >= 15 is 0 Å². The lowest BCUT2D eigenvalue weighted by molar-refractivity contribution is -0.126. The van der Waals surface area contributed by atoms with Gasteiger partial charge in [-0.3, -0.25) is 4.79 Å². The number of aliphatic hydroxyl groups excluding tert-OH is 2. The number of anilines is 1. The van der Waals surface area contributed by atoms with E-state index in [2.05, 4.69) is 12.1 Å². The number of ether oxygens (including phenoxy) is 1. The Kier molecular flexibility index (Phi) is 5.62. The summed E-state index contributed by atoms with van der Waals surface area (Å²) in [6, 6.07) is 15.8. The van der Waals surface area contributed by atoms with Gasteiger partial charge >= 0.3 is 0 Å². The van der Waals surface area contributed by atoms with Crippen LogP contribution >= 0.6 is 11.3 Å². The topological polar surface area (TPSA) is 82.9 Å². The molecule has 29 heavy (non-hydrogen) atoms. The van der Waals surface area contributed by atoms with Gasteiger partial charge in [0.15, 0.2) is 6.10 Å². The zero-order valence-electron chi connectivity index (χ0n) is 16.0. The maximum atomic E-state index is 12.6. The van der Waals surface area contributed by atoms with Crippen molar-refractivity contribution in [2.24, 2.45) is 0 Å². The molecule has 1 aromatic heterocycles. The summed E-state index contributed by atoms with van der Waals surface area (Å²) in [5.74, 6) is 0.330. The Morgan fingerprint density at radius 1 is 1.24 bits per heavy atom. The first-order valence-corrected chi connectivity index (χ1v) is 10.3. The molecule has 3 aromatic rings. The maximum absolute atomic E-state index is 12.6. The number of carbonyl (C=O) groups is 1. The average Bonchev–Trinajstić information content (AvgIpc) is 3.20. The average molecular weight is 410 g/mol. The van der Waals surface area contributed by atoms with Crippen LogP contribution in [0.25, 0.3) is 11.3 Å². The van der Waals surface area contributed by atoms with Gasteiger partial charge in [-0.1, -0.05) is 30.3 Å². The van der Waals surface area contributed by atoms with E-state index < -0.39 is 18.8 Å². The molecular formula is C22H22N2O4S. The van der Waals surface area contributed by atoms with Gasteiger partial charge < -0.3 is 19.8 Å². The second-order valence-corrected chi connectivity index (χ2v) is 7.96. The molecule has 2 atom stereocenters. The van der Waals surface area contributed by atoms with Crippen LogP contribution in [-0.4, -0.2) is 46.5 Å². The molecule has 2 N–H and O–H groups in total. The molecule has 0 spiro atoms. The Morgan fingerprint density at radius 3 is 2.79 bits per heavy atom. The quantitative estimate of drug-likeness (QED) is 0.653. The van der Waals surface area contributed by atoms with E-state index in [-0.39, 0.29) is 12.5 Å². The van der Waals surface area contributed by atoms with Crippen LogP contribution in [0.5, 0.6) is 5.75 Å². The lowest BCUT2D eigenvalue weighted by Gasteiger charge is -2.34. The fraction of sp³-hybridized carbons (Fsp3) is 0.273. The molecule has 0 fully saturated rings. The molecule has 1 amide bonds. The van der Waals surface area contributed by atoms with E-state index in [1.165, 1.54) is 10.5 Å². The number of benzene rings is 2. The third kappa shape index (κ3) is 4.17. The molecule has 6 nitrogen and oxygen atoms in total. The zero-order valence-corrected chi connectivity index (χ0v) is 16.8. The van der Waals surface area contributed by atoms with Crippen molar-refractivity contribution in [3.63, 3.8) is 0 Å². The van der Waals surface area contributed by atoms with E-state index in [1.807, 2.05) is 41.8 Å². The highest BCUT2D eigenvalue weighted by atomic mass is 32.1. The summed E-state index contributed by atoms with van der Waals surface area (Å²) in [5.41, 5.74) is 3.48. The first kappa shape index (κ1) is 19.6. The van der Waals surface area contributed by atoms with Gasteiger partial charge in [0, 0.05) is 17.4 Å². The summed E-state index contributed by atoms with van der Waals surface area (Å²) in [7, 11) is 0.